The van der Waals surface area contributed by atoms with Crippen LogP contribution in [0.15, 0.2) is 12.2 Å². The molecule has 0 aromatic heterocycles. The van der Waals surface area contributed by atoms with Crippen LogP contribution >= 0.6 is 0 Å². The molecule has 1 saturated heterocycles. The fourth-order valence-electron chi connectivity index (χ4n) is 3.22. The van der Waals surface area contributed by atoms with Gasteiger partial charge in [0.2, 0.25) is 11.8 Å². The van der Waals surface area contributed by atoms with Crippen molar-refractivity contribution in [1.82, 2.24) is 10.2 Å². The van der Waals surface area contributed by atoms with Crippen LogP contribution in [0.25, 0.3) is 0 Å². The second-order valence-corrected chi connectivity index (χ2v) is 5.50. The van der Waals surface area contributed by atoms with Crippen LogP contribution in [0, 0.1) is 17.8 Å². The zero-order valence-corrected chi connectivity index (χ0v) is 11.2. The Morgan fingerprint density at radius 2 is 1.89 bits per heavy atom. The number of hydrogen-bond donors (Lipinski definition) is 1. The number of rotatable bonds is 5. The van der Waals surface area contributed by atoms with Crippen molar-refractivity contribution in [2.75, 3.05) is 20.1 Å². The Labute approximate surface area is 108 Å². The summed E-state index contributed by atoms with van der Waals surface area (Å²) < 4.78 is 0. The van der Waals surface area contributed by atoms with Crippen molar-refractivity contribution in [2.45, 2.75) is 26.2 Å². The molecule has 2 amide bonds. The molecule has 18 heavy (non-hydrogen) atoms. The molecule has 4 heteroatoms. The SMILES string of the molecule is C=C(CNC)CN1C(=O)C2CC(CC)CC2C1=O. The summed E-state index contributed by atoms with van der Waals surface area (Å²) in [4.78, 5) is 25.9. The van der Waals surface area contributed by atoms with Gasteiger partial charge in [0.05, 0.1) is 18.4 Å². The lowest BCUT2D eigenvalue weighted by Gasteiger charge is -2.18. The van der Waals surface area contributed by atoms with Crippen molar-refractivity contribution < 1.29 is 9.59 Å². The normalized spacial score (nSPS) is 31.0. The van der Waals surface area contributed by atoms with E-state index in [0.717, 1.165) is 24.8 Å². The number of carbonyl (C=O) groups is 2. The number of hydrogen-bond acceptors (Lipinski definition) is 3. The molecule has 1 saturated carbocycles. The summed E-state index contributed by atoms with van der Waals surface area (Å²) in [7, 11) is 1.83. The lowest BCUT2D eigenvalue weighted by atomic mass is 10.00. The van der Waals surface area contributed by atoms with Gasteiger partial charge in [-0.1, -0.05) is 19.9 Å². The van der Waals surface area contributed by atoms with E-state index in [9.17, 15) is 9.59 Å². The Bertz CT molecular complexity index is 354. The molecule has 0 spiro atoms. The van der Waals surface area contributed by atoms with Crippen LogP contribution in [0.2, 0.25) is 0 Å². The molecular weight excluding hydrogens is 228 g/mol. The first kappa shape index (κ1) is 13.3. The third kappa shape index (κ3) is 2.21. The Kier molecular flexibility index (Phi) is 3.85. The summed E-state index contributed by atoms with van der Waals surface area (Å²) in [6.45, 7) is 7.05. The van der Waals surface area contributed by atoms with Gasteiger partial charge in [0, 0.05) is 6.54 Å². The van der Waals surface area contributed by atoms with Crippen molar-refractivity contribution in [3.8, 4) is 0 Å². The molecule has 2 fully saturated rings. The molecule has 1 aliphatic carbocycles. The highest BCUT2D eigenvalue weighted by atomic mass is 16.2. The highest BCUT2D eigenvalue weighted by Crippen LogP contribution is 2.44. The second-order valence-electron chi connectivity index (χ2n) is 5.50. The molecule has 0 radical (unpaired) electrons. The van der Waals surface area contributed by atoms with E-state index in [1.54, 1.807) is 0 Å². The average molecular weight is 250 g/mol. The van der Waals surface area contributed by atoms with E-state index in [4.69, 9.17) is 0 Å². The average Bonchev–Trinajstić information content (AvgIpc) is 2.86. The van der Waals surface area contributed by atoms with Crippen LogP contribution in [-0.2, 0) is 9.59 Å². The number of fused-ring (bicyclic) bond motifs is 1. The first-order valence-electron chi connectivity index (χ1n) is 6.74. The van der Waals surface area contributed by atoms with E-state index in [1.165, 1.54) is 4.90 Å². The van der Waals surface area contributed by atoms with Gasteiger partial charge in [-0.25, -0.2) is 0 Å². The van der Waals surface area contributed by atoms with Crippen LogP contribution in [-0.4, -0.2) is 36.9 Å². The van der Waals surface area contributed by atoms with E-state index in [-0.39, 0.29) is 23.7 Å². The number of likely N-dealkylation sites (tertiary alicyclic amines) is 1. The van der Waals surface area contributed by atoms with Gasteiger partial charge in [0.25, 0.3) is 0 Å². The number of nitrogens with one attached hydrogen (secondary N) is 1. The molecule has 1 heterocycles. The van der Waals surface area contributed by atoms with Gasteiger partial charge in [-0.2, -0.15) is 0 Å². The maximum atomic E-state index is 12.2. The summed E-state index contributed by atoms with van der Waals surface area (Å²) in [5.41, 5.74) is 0.881. The Hall–Kier alpha value is -1.16. The fraction of sp³-hybridized carbons (Fsp3) is 0.714. The first-order chi connectivity index (χ1) is 8.58. The standard InChI is InChI=1S/C14H22N2O2/c1-4-10-5-11-12(6-10)14(18)16(13(11)17)8-9(2)7-15-3/h10-12,15H,2,4-8H2,1,3H3. The van der Waals surface area contributed by atoms with Crippen molar-refractivity contribution in [1.29, 1.82) is 0 Å². The molecule has 0 bridgehead atoms. The number of likely N-dealkylation sites (N-methyl/N-ethyl adjacent to an activating group) is 1. The molecule has 0 aromatic carbocycles. The summed E-state index contributed by atoms with van der Waals surface area (Å²) in [6.07, 6.45) is 2.85. The zero-order valence-electron chi connectivity index (χ0n) is 11.2. The van der Waals surface area contributed by atoms with Crippen molar-refractivity contribution in [2.24, 2.45) is 17.8 Å². The third-order valence-electron chi connectivity index (χ3n) is 4.21. The van der Waals surface area contributed by atoms with Gasteiger partial charge in [-0.3, -0.25) is 14.5 Å². The molecule has 1 N–H and O–H groups in total. The van der Waals surface area contributed by atoms with Crippen LogP contribution in [0.5, 0.6) is 0 Å². The van der Waals surface area contributed by atoms with Crippen molar-refractivity contribution >= 4 is 11.8 Å². The maximum absolute atomic E-state index is 12.2. The predicted molar refractivity (Wildman–Crippen MR) is 69.8 cm³/mol. The Balaban J connectivity index is 2.03. The molecule has 4 nitrogen and oxygen atoms in total. The van der Waals surface area contributed by atoms with Crippen molar-refractivity contribution in [3.63, 3.8) is 0 Å². The first-order valence-corrected chi connectivity index (χ1v) is 6.74. The lowest BCUT2D eigenvalue weighted by molar-refractivity contribution is -0.140. The Morgan fingerprint density at radius 1 is 1.33 bits per heavy atom. The van der Waals surface area contributed by atoms with Gasteiger partial charge < -0.3 is 5.32 Å². The molecule has 2 unspecified atom stereocenters. The number of nitrogens with zero attached hydrogens (tertiary/aromatic N) is 1. The van der Waals surface area contributed by atoms with Crippen molar-refractivity contribution in [3.05, 3.63) is 12.2 Å². The second kappa shape index (κ2) is 5.22. The smallest absolute Gasteiger partial charge is 0.233 e. The molecule has 2 aliphatic rings. The largest absolute Gasteiger partial charge is 0.316 e. The van der Waals surface area contributed by atoms with Gasteiger partial charge in [0.15, 0.2) is 0 Å². The minimum atomic E-state index is -0.0511. The number of amides is 2. The highest BCUT2D eigenvalue weighted by Gasteiger charge is 2.51. The summed E-state index contributed by atoms with van der Waals surface area (Å²) >= 11 is 0. The van der Waals surface area contributed by atoms with E-state index in [0.29, 0.717) is 19.0 Å². The van der Waals surface area contributed by atoms with E-state index < -0.39 is 0 Å². The monoisotopic (exact) mass is 250 g/mol. The van der Waals surface area contributed by atoms with Gasteiger partial charge in [-0.05, 0) is 31.4 Å². The highest BCUT2D eigenvalue weighted by molar-refractivity contribution is 6.05. The quantitative estimate of drug-likeness (QED) is 0.589. The molecule has 2 rings (SSSR count). The lowest BCUT2D eigenvalue weighted by Crippen LogP contribution is -2.35. The maximum Gasteiger partial charge on any atom is 0.233 e. The minimum absolute atomic E-state index is 0.0261. The van der Waals surface area contributed by atoms with E-state index in [1.807, 2.05) is 7.05 Å². The van der Waals surface area contributed by atoms with Crippen LogP contribution in [0.1, 0.15) is 26.2 Å². The van der Waals surface area contributed by atoms with Gasteiger partial charge in [-0.15, -0.1) is 0 Å². The molecule has 1 aliphatic heterocycles. The molecule has 2 atom stereocenters. The molecular formula is C14H22N2O2. The third-order valence-corrected chi connectivity index (χ3v) is 4.21. The number of carbonyl (C=O) groups excluding carboxylic acids is 2. The van der Waals surface area contributed by atoms with Crippen LogP contribution in [0.4, 0.5) is 0 Å². The summed E-state index contributed by atoms with van der Waals surface area (Å²) in [5, 5.41) is 2.99. The van der Waals surface area contributed by atoms with Gasteiger partial charge >= 0.3 is 0 Å². The van der Waals surface area contributed by atoms with E-state index >= 15 is 0 Å². The Morgan fingerprint density at radius 3 is 2.33 bits per heavy atom. The van der Waals surface area contributed by atoms with E-state index in [2.05, 4.69) is 18.8 Å². The van der Waals surface area contributed by atoms with Crippen LogP contribution < -0.4 is 5.32 Å². The molecule has 100 valence electrons. The minimum Gasteiger partial charge on any atom is -0.316 e. The van der Waals surface area contributed by atoms with Gasteiger partial charge in [0.1, 0.15) is 0 Å². The zero-order chi connectivity index (χ0) is 13.3. The summed E-state index contributed by atoms with van der Waals surface area (Å²) in [5.74, 6) is 0.502. The number of imide groups is 1. The fourth-order valence-corrected chi connectivity index (χ4v) is 3.22. The summed E-state index contributed by atoms with van der Waals surface area (Å²) in [6, 6.07) is 0. The predicted octanol–water partition coefficient (Wildman–Crippen LogP) is 1.18. The van der Waals surface area contributed by atoms with Crippen LogP contribution in [0.3, 0.4) is 0 Å². The molecule has 0 aromatic rings. The topological polar surface area (TPSA) is 49.4 Å².